The van der Waals surface area contributed by atoms with E-state index in [1.54, 1.807) is 0 Å². The monoisotopic (exact) mass is 298 g/mol. The molecule has 1 N–H and O–H groups in total. The van der Waals surface area contributed by atoms with Crippen molar-refractivity contribution in [2.24, 2.45) is 0 Å². The molecule has 2 aliphatic rings. The fourth-order valence-electron chi connectivity index (χ4n) is 3.71. The molecule has 2 rings (SSSR count). The summed E-state index contributed by atoms with van der Waals surface area (Å²) in [4.78, 5) is 14.9. The summed E-state index contributed by atoms with van der Waals surface area (Å²) >= 11 is 0. The van der Waals surface area contributed by atoms with Gasteiger partial charge in [0.05, 0.1) is 13.2 Å². The molecule has 21 heavy (non-hydrogen) atoms. The molecule has 1 saturated heterocycles. The lowest BCUT2D eigenvalue weighted by atomic mass is 9.95. The number of hydrogen-bond acceptors (Lipinski definition) is 5. The number of rotatable bonds is 6. The summed E-state index contributed by atoms with van der Waals surface area (Å²) in [6.45, 7) is 8.16. The largest absolute Gasteiger partial charge is 0.465 e. The predicted octanol–water partition coefficient (Wildman–Crippen LogP) is 1.56. The van der Waals surface area contributed by atoms with Crippen molar-refractivity contribution in [1.82, 2.24) is 10.2 Å². The molecule has 0 amide bonds. The lowest BCUT2D eigenvalue weighted by Gasteiger charge is -2.33. The Kier molecular flexibility index (Phi) is 5.63. The number of esters is 1. The van der Waals surface area contributed by atoms with Gasteiger partial charge in [-0.3, -0.25) is 15.0 Å². The molecular weight excluding hydrogens is 268 g/mol. The first-order valence-electron chi connectivity index (χ1n) is 8.23. The fraction of sp³-hybridized carbons (Fsp3) is 0.938. The normalized spacial score (nSPS) is 33.0. The van der Waals surface area contributed by atoms with Crippen LogP contribution in [0.15, 0.2) is 0 Å². The highest BCUT2D eigenvalue weighted by molar-refractivity contribution is 5.81. The average Bonchev–Trinajstić information content (AvgIpc) is 3.07. The van der Waals surface area contributed by atoms with E-state index in [2.05, 4.69) is 31.1 Å². The molecule has 1 aliphatic heterocycles. The summed E-state index contributed by atoms with van der Waals surface area (Å²) in [6, 6.07) is 1.19. The summed E-state index contributed by atoms with van der Waals surface area (Å²) in [7, 11) is 2.17. The topological polar surface area (TPSA) is 50.8 Å². The van der Waals surface area contributed by atoms with E-state index in [1.165, 1.54) is 0 Å². The minimum Gasteiger partial charge on any atom is -0.465 e. The number of nitrogens with zero attached hydrogens (tertiary/aromatic N) is 1. The Balaban J connectivity index is 2.04. The number of hydrogen-bond donors (Lipinski definition) is 1. The molecule has 5 heteroatoms. The maximum Gasteiger partial charge on any atom is 0.326 e. The molecule has 0 radical (unpaired) electrons. The second-order valence-corrected chi connectivity index (χ2v) is 6.68. The van der Waals surface area contributed by atoms with Crippen LogP contribution in [0.5, 0.6) is 0 Å². The SMILES string of the molecule is CCOC(=O)C1(NC(C)C)CCC(N(C)C2CCOC2)C1. The van der Waals surface area contributed by atoms with Crippen molar-refractivity contribution in [2.75, 3.05) is 26.9 Å². The van der Waals surface area contributed by atoms with E-state index in [-0.39, 0.29) is 12.0 Å². The third-order valence-corrected chi connectivity index (χ3v) is 4.78. The van der Waals surface area contributed by atoms with Crippen molar-refractivity contribution in [1.29, 1.82) is 0 Å². The van der Waals surface area contributed by atoms with Crippen LogP contribution in [0.1, 0.15) is 46.5 Å². The van der Waals surface area contributed by atoms with E-state index >= 15 is 0 Å². The highest BCUT2D eigenvalue weighted by Crippen LogP contribution is 2.35. The molecule has 0 aromatic carbocycles. The molecule has 1 heterocycles. The summed E-state index contributed by atoms with van der Waals surface area (Å²) in [6.07, 6.45) is 3.81. The van der Waals surface area contributed by atoms with Crippen LogP contribution in [0.2, 0.25) is 0 Å². The first-order valence-corrected chi connectivity index (χ1v) is 8.23. The first-order chi connectivity index (χ1) is 9.98. The molecule has 3 unspecified atom stereocenters. The standard InChI is InChI=1S/C16H30N2O3/c1-5-21-15(19)16(17-12(2)3)8-6-13(10-16)18(4)14-7-9-20-11-14/h12-14,17H,5-11H2,1-4H3. The van der Waals surface area contributed by atoms with Crippen LogP contribution in [0.25, 0.3) is 0 Å². The molecule has 1 saturated carbocycles. The van der Waals surface area contributed by atoms with Crippen LogP contribution >= 0.6 is 0 Å². The number of nitrogens with one attached hydrogen (secondary N) is 1. The van der Waals surface area contributed by atoms with Crippen molar-refractivity contribution >= 4 is 5.97 Å². The van der Waals surface area contributed by atoms with Gasteiger partial charge in [0.2, 0.25) is 0 Å². The number of ether oxygens (including phenoxy) is 2. The zero-order valence-corrected chi connectivity index (χ0v) is 13.9. The summed E-state index contributed by atoms with van der Waals surface area (Å²) in [5.74, 6) is -0.0859. The second kappa shape index (κ2) is 7.07. The predicted molar refractivity (Wildman–Crippen MR) is 82.3 cm³/mol. The molecule has 2 fully saturated rings. The van der Waals surface area contributed by atoms with Crippen LogP contribution in [0.3, 0.4) is 0 Å². The van der Waals surface area contributed by atoms with Gasteiger partial charge in [-0.15, -0.1) is 0 Å². The molecule has 3 atom stereocenters. The molecule has 0 bridgehead atoms. The van der Waals surface area contributed by atoms with Crippen LogP contribution in [-0.2, 0) is 14.3 Å². The Morgan fingerprint density at radius 3 is 2.76 bits per heavy atom. The highest BCUT2D eigenvalue weighted by atomic mass is 16.5. The molecular formula is C16H30N2O3. The van der Waals surface area contributed by atoms with Gasteiger partial charge in [-0.25, -0.2) is 0 Å². The molecule has 0 spiro atoms. The first kappa shape index (κ1) is 16.7. The summed E-state index contributed by atoms with van der Waals surface area (Å²) in [5.41, 5.74) is -0.511. The fourth-order valence-corrected chi connectivity index (χ4v) is 3.71. The van der Waals surface area contributed by atoms with Crippen LogP contribution in [0, 0.1) is 0 Å². The van der Waals surface area contributed by atoms with Crippen molar-refractivity contribution in [3.05, 3.63) is 0 Å². The minimum absolute atomic E-state index is 0.0859. The number of carbonyl (C=O) groups is 1. The van der Waals surface area contributed by atoms with Gasteiger partial charge in [-0.2, -0.15) is 0 Å². The van der Waals surface area contributed by atoms with E-state index in [0.717, 1.165) is 38.9 Å². The Hall–Kier alpha value is -0.650. The molecule has 122 valence electrons. The third-order valence-electron chi connectivity index (χ3n) is 4.78. The Morgan fingerprint density at radius 2 is 2.19 bits per heavy atom. The van der Waals surface area contributed by atoms with Gasteiger partial charge in [-0.05, 0) is 53.5 Å². The molecule has 5 nitrogen and oxygen atoms in total. The maximum absolute atomic E-state index is 12.5. The molecule has 0 aromatic heterocycles. The van der Waals surface area contributed by atoms with Crippen LogP contribution in [-0.4, -0.2) is 61.4 Å². The van der Waals surface area contributed by atoms with Crippen molar-refractivity contribution in [3.63, 3.8) is 0 Å². The average molecular weight is 298 g/mol. The summed E-state index contributed by atoms with van der Waals surface area (Å²) < 4.78 is 10.8. The Morgan fingerprint density at radius 1 is 1.43 bits per heavy atom. The zero-order valence-electron chi connectivity index (χ0n) is 13.9. The number of carbonyl (C=O) groups excluding carboxylic acids is 1. The van der Waals surface area contributed by atoms with Gasteiger partial charge in [0.25, 0.3) is 0 Å². The van der Waals surface area contributed by atoms with Crippen LogP contribution < -0.4 is 5.32 Å². The minimum atomic E-state index is -0.511. The van der Waals surface area contributed by atoms with Gasteiger partial charge in [0, 0.05) is 24.7 Å². The van der Waals surface area contributed by atoms with Gasteiger partial charge in [0.1, 0.15) is 5.54 Å². The van der Waals surface area contributed by atoms with Crippen molar-refractivity contribution < 1.29 is 14.3 Å². The third kappa shape index (κ3) is 3.76. The van der Waals surface area contributed by atoms with Gasteiger partial charge in [-0.1, -0.05) is 0 Å². The quantitative estimate of drug-likeness (QED) is 0.754. The van der Waals surface area contributed by atoms with Gasteiger partial charge >= 0.3 is 5.97 Å². The van der Waals surface area contributed by atoms with E-state index in [9.17, 15) is 4.79 Å². The van der Waals surface area contributed by atoms with Crippen molar-refractivity contribution in [3.8, 4) is 0 Å². The smallest absolute Gasteiger partial charge is 0.326 e. The lowest BCUT2D eigenvalue weighted by molar-refractivity contribution is -0.151. The lowest BCUT2D eigenvalue weighted by Crippen LogP contribution is -2.55. The Labute approximate surface area is 128 Å². The van der Waals surface area contributed by atoms with Crippen LogP contribution in [0.4, 0.5) is 0 Å². The highest BCUT2D eigenvalue weighted by Gasteiger charge is 2.48. The maximum atomic E-state index is 12.5. The van der Waals surface area contributed by atoms with Gasteiger partial charge < -0.3 is 9.47 Å². The van der Waals surface area contributed by atoms with Crippen molar-refractivity contribution in [2.45, 2.75) is 70.1 Å². The van der Waals surface area contributed by atoms with E-state index < -0.39 is 5.54 Å². The van der Waals surface area contributed by atoms with E-state index in [1.807, 2.05) is 6.92 Å². The number of likely N-dealkylation sites (N-methyl/N-ethyl adjacent to an activating group) is 1. The van der Waals surface area contributed by atoms with Gasteiger partial charge in [0.15, 0.2) is 0 Å². The second-order valence-electron chi connectivity index (χ2n) is 6.68. The van der Waals surface area contributed by atoms with E-state index in [4.69, 9.17) is 9.47 Å². The molecule has 0 aromatic rings. The zero-order chi connectivity index (χ0) is 15.5. The molecule has 1 aliphatic carbocycles. The van der Waals surface area contributed by atoms with E-state index in [0.29, 0.717) is 18.7 Å². The summed E-state index contributed by atoms with van der Waals surface area (Å²) in [5, 5.41) is 3.48. The Bertz CT molecular complexity index is 355.